The lowest BCUT2D eigenvalue weighted by atomic mass is 10.1. The summed E-state index contributed by atoms with van der Waals surface area (Å²) < 4.78 is 1.02. The first-order valence-corrected chi connectivity index (χ1v) is 9.51. The number of rotatable bonds is 7. The molecule has 0 aromatic heterocycles. The summed E-state index contributed by atoms with van der Waals surface area (Å²) in [6.45, 7) is 6.59. The summed E-state index contributed by atoms with van der Waals surface area (Å²) in [6, 6.07) is 6.01. The van der Waals surface area contributed by atoms with Gasteiger partial charge in [0.05, 0.1) is 5.56 Å². The van der Waals surface area contributed by atoms with Crippen molar-refractivity contribution in [1.82, 2.24) is 10.2 Å². The number of piperidine rings is 1. The number of nitrogens with zero attached hydrogens (tertiary/aromatic N) is 1. The highest BCUT2D eigenvalue weighted by molar-refractivity contribution is 14.1. The van der Waals surface area contributed by atoms with Gasteiger partial charge in [-0.3, -0.25) is 4.79 Å². The Morgan fingerprint density at radius 3 is 2.73 bits per heavy atom. The Bertz CT molecular complexity index is 484. The topological polar surface area (TPSA) is 32.3 Å². The van der Waals surface area contributed by atoms with Gasteiger partial charge in [0.1, 0.15) is 0 Å². The van der Waals surface area contributed by atoms with Crippen molar-refractivity contribution in [1.29, 1.82) is 0 Å². The lowest BCUT2D eigenvalue weighted by molar-refractivity contribution is 0.0952. The van der Waals surface area contributed by atoms with Crippen LogP contribution in [0.5, 0.6) is 0 Å². The standard InChI is InChI=1S/C18H27IN2O/c1-15-8-9-17(19)16(14-15)18(22)20-10-4-2-5-11-21-12-6-3-7-13-21/h8-9,14H,2-7,10-13H2,1H3,(H,20,22). The Morgan fingerprint density at radius 1 is 1.18 bits per heavy atom. The Hall–Kier alpha value is -0.620. The summed E-state index contributed by atoms with van der Waals surface area (Å²) in [6.07, 6.45) is 7.65. The smallest absolute Gasteiger partial charge is 0.252 e. The molecule has 1 amide bonds. The van der Waals surface area contributed by atoms with E-state index in [1.54, 1.807) is 0 Å². The Morgan fingerprint density at radius 2 is 1.95 bits per heavy atom. The number of benzene rings is 1. The molecular formula is C18H27IN2O. The maximum Gasteiger partial charge on any atom is 0.252 e. The second kappa shape index (κ2) is 9.50. The number of hydrogen-bond donors (Lipinski definition) is 1. The largest absolute Gasteiger partial charge is 0.352 e. The second-order valence-corrected chi connectivity index (χ2v) is 7.36. The zero-order valence-electron chi connectivity index (χ0n) is 13.5. The van der Waals surface area contributed by atoms with E-state index in [1.165, 1.54) is 51.7 Å². The van der Waals surface area contributed by atoms with Gasteiger partial charge in [-0.05, 0) is 87.0 Å². The molecule has 1 heterocycles. The summed E-state index contributed by atoms with van der Waals surface area (Å²) in [7, 11) is 0. The molecular weight excluding hydrogens is 387 g/mol. The number of halogens is 1. The normalized spacial score (nSPS) is 15.7. The van der Waals surface area contributed by atoms with Gasteiger partial charge in [-0.2, -0.15) is 0 Å². The van der Waals surface area contributed by atoms with Crippen LogP contribution in [0.15, 0.2) is 18.2 Å². The third-order valence-electron chi connectivity index (χ3n) is 4.25. The van der Waals surface area contributed by atoms with E-state index in [9.17, 15) is 4.79 Å². The van der Waals surface area contributed by atoms with E-state index in [2.05, 4.69) is 32.8 Å². The molecule has 0 radical (unpaired) electrons. The average molecular weight is 414 g/mol. The molecule has 1 aromatic carbocycles. The molecule has 1 saturated heterocycles. The summed E-state index contributed by atoms with van der Waals surface area (Å²) in [4.78, 5) is 14.8. The number of amides is 1. The maximum atomic E-state index is 12.2. The number of carbonyl (C=O) groups excluding carboxylic acids is 1. The summed E-state index contributed by atoms with van der Waals surface area (Å²) >= 11 is 2.22. The van der Waals surface area contributed by atoms with Gasteiger partial charge in [0, 0.05) is 10.1 Å². The van der Waals surface area contributed by atoms with Gasteiger partial charge < -0.3 is 10.2 Å². The molecule has 0 atom stereocenters. The van der Waals surface area contributed by atoms with Gasteiger partial charge in [-0.1, -0.05) is 24.5 Å². The predicted molar refractivity (Wildman–Crippen MR) is 100 cm³/mol. The number of unbranched alkanes of at least 4 members (excludes halogenated alkanes) is 2. The lowest BCUT2D eigenvalue weighted by Crippen LogP contribution is -2.30. The van der Waals surface area contributed by atoms with Crippen molar-refractivity contribution in [2.45, 2.75) is 45.4 Å². The fourth-order valence-electron chi connectivity index (χ4n) is 2.93. The van der Waals surface area contributed by atoms with Gasteiger partial charge in [-0.25, -0.2) is 0 Å². The van der Waals surface area contributed by atoms with Gasteiger partial charge in [-0.15, -0.1) is 0 Å². The highest BCUT2D eigenvalue weighted by atomic mass is 127. The number of aryl methyl sites for hydroxylation is 1. The molecule has 0 aliphatic carbocycles. The minimum atomic E-state index is 0.0594. The van der Waals surface area contributed by atoms with Crippen LogP contribution in [0, 0.1) is 10.5 Å². The third-order valence-corrected chi connectivity index (χ3v) is 5.19. The molecule has 122 valence electrons. The van der Waals surface area contributed by atoms with Gasteiger partial charge in [0.25, 0.3) is 5.91 Å². The summed E-state index contributed by atoms with van der Waals surface area (Å²) in [5.74, 6) is 0.0594. The zero-order valence-corrected chi connectivity index (χ0v) is 15.7. The second-order valence-electron chi connectivity index (χ2n) is 6.20. The monoisotopic (exact) mass is 414 g/mol. The molecule has 1 aromatic rings. The number of likely N-dealkylation sites (tertiary alicyclic amines) is 1. The van der Waals surface area contributed by atoms with E-state index in [1.807, 2.05) is 25.1 Å². The van der Waals surface area contributed by atoms with Crippen LogP contribution in [0.1, 0.15) is 54.4 Å². The fraction of sp³-hybridized carbons (Fsp3) is 0.611. The Labute approximate surface area is 148 Å². The molecule has 1 aliphatic rings. The van der Waals surface area contributed by atoms with Crippen LogP contribution in [0.2, 0.25) is 0 Å². The SMILES string of the molecule is Cc1ccc(I)c(C(=O)NCCCCCN2CCCCC2)c1. The van der Waals surface area contributed by atoms with Crippen LogP contribution in [0.4, 0.5) is 0 Å². The highest BCUT2D eigenvalue weighted by Crippen LogP contribution is 2.14. The van der Waals surface area contributed by atoms with Crippen molar-refractivity contribution in [2.75, 3.05) is 26.2 Å². The highest BCUT2D eigenvalue weighted by Gasteiger charge is 2.10. The molecule has 1 N–H and O–H groups in total. The molecule has 0 saturated carbocycles. The third kappa shape index (κ3) is 5.88. The quantitative estimate of drug-likeness (QED) is 0.541. The average Bonchev–Trinajstić information content (AvgIpc) is 2.54. The first-order chi connectivity index (χ1) is 10.7. The maximum absolute atomic E-state index is 12.2. The molecule has 1 aliphatic heterocycles. The predicted octanol–water partition coefficient (Wildman–Crippen LogP) is 3.99. The molecule has 4 heteroatoms. The fourth-order valence-corrected chi connectivity index (χ4v) is 3.51. The van der Waals surface area contributed by atoms with Crippen molar-refractivity contribution in [3.63, 3.8) is 0 Å². The summed E-state index contributed by atoms with van der Waals surface area (Å²) in [5.41, 5.74) is 1.93. The van der Waals surface area contributed by atoms with Crippen LogP contribution in [0.25, 0.3) is 0 Å². The molecule has 2 rings (SSSR count). The van der Waals surface area contributed by atoms with Gasteiger partial charge >= 0.3 is 0 Å². The van der Waals surface area contributed by atoms with Crippen LogP contribution >= 0.6 is 22.6 Å². The van der Waals surface area contributed by atoms with E-state index >= 15 is 0 Å². The van der Waals surface area contributed by atoms with E-state index < -0.39 is 0 Å². The van der Waals surface area contributed by atoms with E-state index in [0.717, 1.165) is 27.7 Å². The molecule has 3 nitrogen and oxygen atoms in total. The number of hydrogen-bond acceptors (Lipinski definition) is 2. The van der Waals surface area contributed by atoms with Crippen LogP contribution < -0.4 is 5.32 Å². The van der Waals surface area contributed by atoms with E-state index in [4.69, 9.17) is 0 Å². The van der Waals surface area contributed by atoms with Crippen LogP contribution in [-0.4, -0.2) is 37.0 Å². The van der Waals surface area contributed by atoms with Crippen LogP contribution in [-0.2, 0) is 0 Å². The summed E-state index contributed by atoms with van der Waals surface area (Å²) in [5, 5.41) is 3.05. The number of carbonyl (C=O) groups is 1. The van der Waals surface area contributed by atoms with Crippen molar-refractivity contribution in [2.24, 2.45) is 0 Å². The minimum absolute atomic E-state index is 0.0594. The molecule has 0 spiro atoms. The molecule has 0 unspecified atom stereocenters. The Kier molecular flexibility index (Phi) is 7.66. The van der Waals surface area contributed by atoms with Crippen molar-refractivity contribution >= 4 is 28.5 Å². The van der Waals surface area contributed by atoms with Crippen molar-refractivity contribution in [3.8, 4) is 0 Å². The van der Waals surface area contributed by atoms with Crippen molar-refractivity contribution in [3.05, 3.63) is 32.9 Å². The molecule has 0 bridgehead atoms. The van der Waals surface area contributed by atoms with E-state index in [-0.39, 0.29) is 5.91 Å². The zero-order chi connectivity index (χ0) is 15.8. The van der Waals surface area contributed by atoms with E-state index in [0.29, 0.717) is 0 Å². The molecule has 22 heavy (non-hydrogen) atoms. The van der Waals surface area contributed by atoms with Crippen molar-refractivity contribution < 1.29 is 4.79 Å². The lowest BCUT2D eigenvalue weighted by Gasteiger charge is -2.26. The van der Waals surface area contributed by atoms with Gasteiger partial charge in [0.2, 0.25) is 0 Å². The molecule has 1 fully saturated rings. The van der Waals surface area contributed by atoms with Gasteiger partial charge in [0.15, 0.2) is 0 Å². The first kappa shape index (κ1) is 17.7. The minimum Gasteiger partial charge on any atom is -0.352 e. The van der Waals surface area contributed by atoms with Crippen LogP contribution in [0.3, 0.4) is 0 Å². The first-order valence-electron chi connectivity index (χ1n) is 8.43. The Balaban J connectivity index is 1.60. The number of nitrogens with one attached hydrogen (secondary N) is 1.